The maximum Gasteiger partial charge on any atom is 0.325 e. The summed E-state index contributed by atoms with van der Waals surface area (Å²) in [5.74, 6) is -2.20. The van der Waals surface area contributed by atoms with Crippen LogP contribution in [0.1, 0.15) is 29.9 Å². The van der Waals surface area contributed by atoms with E-state index in [1.54, 1.807) is 0 Å². The van der Waals surface area contributed by atoms with Gasteiger partial charge in [-0.3, -0.25) is 9.59 Å². The molecular formula is C15H17N3O4. The quantitative estimate of drug-likeness (QED) is 0.773. The van der Waals surface area contributed by atoms with Crippen LogP contribution in [0.25, 0.3) is 5.69 Å². The Kier molecular flexibility index (Phi) is 4.45. The van der Waals surface area contributed by atoms with Crippen LogP contribution in [-0.4, -0.2) is 37.9 Å². The van der Waals surface area contributed by atoms with Crippen molar-refractivity contribution in [1.82, 2.24) is 15.1 Å². The van der Waals surface area contributed by atoms with Crippen LogP contribution in [0.2, 0.25) is 0 Å². The van der Waals surface area contributed by atoms with E-state index in [1.807, 2.05) is 31.2 Å². The van der Waals surface area contributed by atoms with Crippen LogP contribution in [0, 0.1) is 0 Å². The highest BCUT2D eigenvalue weighted by Crippen LogP contribution is 2.21. The highest BCUT2D eigenvalue weighted by molar-refractivity contribution is 5.97. The second-order valence-electron chi connectivity index (χ2n) is 4.82. The number of aliphatic carboxylic acids is 1. The lowest BCUT2D eigenvalue weighted by molar-refractivity contribution is -0.138. The van der Waals surface area contributed by atoms with E-state index in [-0.39, 0.29) is 11.4 Å². The Morgan fingerprint density at radius 1 is 1.36 bits per heavy atom. The average Bonchev–Trinajstić information content (AvgIpc) is 2.88. The summed E-state index contributed by atoms with van der Waals surface area (Å²) >= 11 is 0. The molecule has 1 unspecified atom stereocenters. The third-order valence-corrected chi connectivity index (χ3v) is 3.25. The number of carbonyl (C=O) groups excluding carboxylic acids is 1. The number of para-hydroxylation sites is 1. The van der Waals surface area contributed by atoms with E-state index < -0.39 is 17.9 Å². The summed E-state index contributed by atoms with van der Waals surface area (Å²) in [6.07, 6.45) is 2.10. The number of carboxylic acids is 1. The van der Waals surface area contributed by atoms with Crippen LogP contribution >= 0.6 is 0 Å². The molecule has 0 aliphatic carbocycles. The molecule has 116 valence electrons. The molecule has 0 bridgehead atoms. The lowest BCUT2D eigenvalue weighted by atomic mass is 10.1. The van der Waals surface area contributed by atoms with Crippen molar-refractivity contribution in [2.75, 3.05) is 0 Å². The monoisotopic (exact) mass is 303 g/mol. The molecule has 22 heavy (non-hydrogen) atoms. The lowest BCUT2D eigenvalue weighted by Crippen LogP contribution is -2.38. The van der Waals surface area contributed by atoms with Gasteiger partial charge >= 0.3 is 5.97 Å². The van der Waals surface area contributed by atoms with Crippen LogP contribution in [0.3, 0.4) is 0 Å². The standard InChI is InChI=1S/C15H17N3O4/c1-3-10-6-4-5-7-11(10)18-8-12(19)13(17-18)14(20)16-9(2)15(21)22/h4-9,19H,3H2,1-2H3,(H,16,20)(H,21,22). The van der Waals surface area contributed by atoms with Gasteiger partial charge in [0.2, 0.25) is 0 Å². The fraction of sp³-hybridized carbons (Fsp3) is 0.267. The Morgan fingerprint density at radius 3 is 2.68 bits per heavy atom. The molecule has 7 heteroatoms. The highest BCUT2D eigenvalue weighted by Gasteiger charge is 2.21. The predicted molar refractivity (Wildman–Crippen MR) is 79.2 cm³/mol. The molecule has 0 saturated heterocycles. The van der Waals surface area contributed by atoms with E-state index >= 15 is 0 Å². The third-order valence-electron chi connectivity index (χ3n) is 3.25. The Hall–Kier alpha value is -2.83. The van der Waals surface area contributed by atoms with Crippen LogP contribution in [0.15, 0.2) is 30.5 Å². The van der Waals surface area contributed by atoms with Gasteiger partial charge in [-0.15, -0.1) is 0 Å². The number of aryl methyl sites for hydroxylation is 1. The van der Waals surface area contributed by atoms with Crippen molar-refractivity contribution < 1.29 is 19.8 Å². The van der Waals surface area contributed by atoms with Crippen molar-refractivity contribution in [3.63, 3.8) is 0 Å². The molecule has 7 nitrogen and oxygen atoms in total. The Bertz CT molecular complexity index is 709. The minimum Gasteiger partial charge on any atom is -0.504 e. The van der Waals surface area contributed by atoms with Gasteiger partial charge in [-0.05, 0) is 25.0 Å². The second-order valence-corrected chi connectivity index (χ2v) is 4.82. The molecule has 1 aromatic carbocycles. The number of nitrogens with one attached hydrogen (secondary N) is 1. The zero-order valence-corrected chi connectivity index (χ0v) is 12.3. The number of nitrogens with zero attached hydrogens (tertiary/aromatic N) is 2. The molecule has 2 rings (SSSR count). The van der Waals surface area contributed by atoms with E-state index in [0.717, 1.165) is 17.7 Å². The normalized spacial score (nSPS) is 11.9. The zero-order chi connectivity index (χ0) is 16.3. The van der Waals surface area contributed by atoms with Crippen molar-refractivity contribution >= 4 is 11.9 Å². The van der Waals surface area contributed by atoms with Gasteiger partial charge in [0.05, 0.1) is 11.9 Å². The summed E-state index contributed by atoms with van der Waals surface area (Å²) in [4.78, 5) is 22.7. The zero-order valence-electron chi connectivity index (χ0n) is 12.3. The first-order valence-electron chi connectivity index (χ1n) is 6.84. The second kappa shape index (κ2) is 6.30. The molecule has 0 aliphatic heterocycles. The van der Waals surface area contributed by atoms with Crippen molar-refractivity contribution in [2.24, 2.45) is 0 Å². The number of carboxylic acid groups (broad SMARTS) is 1. The number of carbonyl (C=O) groups is 2. The summed E-state index contributed by atoms with van der Waals surface area (Å²) in [6, 6.07) is 6.42. The Morgan fingerprint density at radius 2 is 2.05 bits per heavy atom. The number of aromatic nitrogens is 2. The molecule has 2 aromatic rings. The SMILES string of the molecule is CCc1ccccc1-n1cc(O)c(C(=O)NC(C)C(=O)O)n1. The van der Waals surface area contributed by atoms with Crippen LogP contribution < -0.4 is 5.32 Å². The summed E-state index contributed by atoms with van der Waals surface area (Å²) < 4.78 is 1.41. The molecule has 0 aliphatic rings. The summed E-state index contributed by atoms with van der Waals surface area (Å²) in [6.45, 7) is 3.32. The molecule has 0 radical (unpaired) electrons. The molecule has 1 amide bonds. The van der Waals surface area contributed by atoms with E-state index in [9.17, 15) is 14.7 Å². The van der Waals surface area contributed by atoms with Crippen molar-refractivity contribution in [3.8, 4) is 11.4 Å². The average molecular weight is 303 g/mol. The Balaban J connectivity index is 2.32. The van der Waals surface area contributed by atoms with Gasteiger partial charge in [-0.2, -0.15) is 5.10 Å². The van der Waals surface area contributed by atoms with Gasteiger partial charge in [0.1, 0.15) is 6.04 Å². The van der Waals surface area contributed by atoms with E-state index in [0.29, 0.717) is 0 Å². The van der Waals surface area contributed by atoms with E-state index in [4.69, 9.17) is 5.11 Å². The third kappa shape index (κ3) is 3.08. The lowest BCUT2D eigenvalue weighted by Gasteiger charge is -2.08. The molecule has 3 N–H and O–H groups in total. The Labute approximate surface area is 127 Å². The number of aromatic hydroxyl groups is 1. The molecule has 1 aromatic heterocycles. The van der Waals surface area contributed by atoms with Crippen molar-refractivity contribution in [2.45, 2.75) is 26.3 Å². The number of rotatable bonds is 5. The maximum atomic E-state index is 12.0. The van der Waals surface area contributed by atoms with Crippen molar-refractivity contribution in [1.29, 1.82) is 0 Å². The van der Waals surface area contributed by atoms with Crippen LogP contribution in [0.4, 0.5) is 0 Å². The number of hydrogen-bond donors (Lipinski definition) is 3. The molecular weight excluding hydrogens is 286 g/mol. The van der Waals surface area contributed by atoms with E-state index in [2.05, 4.69) is 10.4 Å². The largest absolute Gasteiger partial charge is 0.504 e. The summed E-state index contributed by atoms with van der Waals surface area (Å²) in [5.41, 5.74) is 1.56. The minimum atomic E-state index is -1.16. The van der Waals surface area contributed by atoms with Crippen LogP contribution in [-0.2, 0) is 11.2 Å². The summed E-state index contributed by atoms with van der Waals surface area (Å²) in [5, 5.41) is 25.0. The molecule has 1 atom stereocenters. The smallest absolute Gasteiger partial charge is 0.325 e. The fourth-order valence-corrected chi connectivity index (χ4v) is 2.01. The van der Waals surface area contributed by atoms with Gasteiger partial charge in [0, 0.05) is 0 Å². The fourth-order valence-electron chi connectivity index (χ4n) is 2.01. The molecule has 0 saturated carbocycles. The van der Waals surface area contributed by atoms with Crippen molar-refractivity contribution in [3.05, 3.63) is 41.7 Å². The summed E-state index contributed by atoms with van der Waals surface area (Å²) in [7, 11) is 0. The topological polar surface area (TPSA) is 104 Å². The van der Waals surface area contributed by atoms with Gasteiger partial charge in [-0.1, -0.05) is 25.1 Å². The molecule has 0 spiro atoms. The number of hydrogen-bond acceptors (Lipinski definition) is 4. The number of benzene rings is 1. The molecule has 0 fully saturated rings. The minimum absolute atomic E-state index is 0.209. The van der Waals surface area contributed by atoms with Gasteiger partial charge in [0.25, 0.3) is 5.91 Å². The first kappa shape index (κ1) is 15.6. The first-order valence-corrected chi connectivity index (χ1v) is 6.84. The highest BCUT2D eigenvalue weighted by atomic mass is 16.4. The molecule has 1 heterocycles. The number of amides is 1. The van der Waals surface area contributed by atoms with Gasteiger partial charge in [-0.25, -0.2) is 4.68 Å². The van der Waals surface area contributed by atoms with Gasteiger partial charge < -0.3 is 15.5 Å². The van der Waals surface area contributed by atoms with Crippen LogP contribution in [0.5, 0.6) is 5.75 Å². The van der Waals surface area contributed by atoms with Gasteiger partial charge in [0.15, 0.2) is 11.4 Å². The maximum absolute atomic E-state index is 12.0. The first-order chi connectivity index (χ1) is 10.4. The predicted octanol–water partition coefficient (Wildman–Crippen LogP) is 1.34. The van der Waals surface area contributed by atoms with E-state index in [1.165, 1.54) is 17.8 Å².